The lowest BCUT2D eigenvalue weighted by Gasteiger charge is -2.14. The van der Waals surface area contributed by atoms with Gasteiger partial charge in [-0.1, -0.05) is 12.1 Å². The quantitative estimate of drug-likeness (QED) is 0.923. The first kappa shape index (κ1) is 15.6. The van der Waals surface area contributed by atoms with Gasteiger partial charge in [0, 0.05) is 24.4 Å². The molecule has 4 nitrogen and oxygen atoms in total. The molecule has 0 unspecified atom stereocenters. The zero-order valence-electron chi connectivity index (χ0n) is 11.9. The fraction of sp³-hybridized carbons (Fsp3) is 0.267. The standard InChI is InChI=1S/C15H17FN2O2S/c1-11-6-7-14(16)15(9-11)21(19,20)18-12(2)10-13-5-3-4-8-17-13/h3-9,12,18H,10H2,1-2H3/t12-/m1/s1. The lowest BCUT2D eigenvalue weighted by atomic mass is 10.2. The molecule has 0 aliphatic rings. The van der Waals surface area contributed by atoms with Gasteiger partial charge in [-0.3, -0.25) is 4.98 Å². The van der Waals surface area contributed by atoms with E-state index in [1.54, 1.807) is 26.1 Å². The summed E-state index contributed by atoms with van der Waals surface area (Å²) < 4.78 is 40.7. The maximum Gasteiger partial charge on any atom is 0.243 e. The van der Waals surface area contributed by atoms with Gasteiger partial charge in [0.1, 0.15) is 10.7 Å². The van der Waals surface area contributed by atoms with Crippen molar-refractivity contribution >= 4 is 10.0 Å². The van der Waals surface area contributed by atoms with Crippen molar-refractivity contribution in [2.24, 2.45) is 0 Å². The molecule has 2 aromatic rings. The van der Waals surface area contributed by atoms with Crippen molar-refractivity contribution in [1.82, 2.24) is 9.71 Å². The molecule has 0 spiro atoms. The zero-order valence-corrected chi connectivity index (χ0v) is 12.7. The van der Waals surface area contributed by atoms with E-state index in [2.05, 4.69) is 9.71 Å². The van der Waals surface area contributed by atoms with Gasteiger partial charge in [-0.05, 0) is 43.7 Å². The number of aryl methyl sites for hydroxylation is 1. The van der Waals surface area contributed by atoms with E-state index in [9.17, 15) is 12.8 Å². The van der Waals surface area contributed by atoms with Gasteiger partial charge in [0.25, 0.3) is 0 Å². The second-order valence-corrected chi connectivity index (χ2v) is 6.66. The van der Waals surface area contributed by atoms with Crippen molar-refractivity contribution in [2.45, 2.75) is 31.2 Å². The molecule has 0 aliphatic heterocycles. The summed E-state index contributed by atoms with van der Waals surface area (Å²) in [5, 5.41) is 0. The third-order valence-electron chi connectivity index (χ3n) is 2.97. The molecule has 1 aromatic carbocycles. The fourth-order valence-corrected chi connectivity index (χ4v) is 3.42. The van der Waals surface area contributed by atoms with Crippen LogP contribution in [0.25, 0.3) is 0 Å². The van der Waals surface area contributed by atoms with Crippen molar-refractivity contribution in [3.05, 3.63) is 59.7 Å². The summed E-state index contributed by atoms with van der Waals surface area (Å²) in [4.78, 5) is 3.82. The molecule has 112 valence electrons. The van der Waals surface area contributed by atoms with Gasteiger partial charge in [-0.2, -0.15) is 0 Å². The van der Waals surface area contributed by atoms with Crippen LogP contribution in [0.15, 0.2) is 47.5 Å². The Bertz CT molecular complexity index is 718. The SMILES string of the molecule is Cc1ccc(F)c(S(=O)(=O)N[C@H](C)Cc2ccccn2)c1. The summed E-state index contributed by atoms with van der Waals surface area (Å²) in [7, 11) is -3.89. The summed E-state index contributed by atoms with van der Waals surface area (Å²) in [5.41, 5.74) is 1.46. The topological polar surface area (TPSA) is 59.1 Å². The Kier molecular flexibility index (Phi) is 4.69. The highest BCUT2D eigenvalue weighted by molar-refractivity contribution is 7.89. The molecule has 0 amide bonds. The van der Waals surface area contributed by atoms with Gasteiger partial charge in [-0.15, -0.1) is 0 Å². The minimum absolute atomic E-state index is 0.324. The van der Waals surface area contributed by atoms with E-state index in [0.717, 1.165) is 11.8 Å². The lowest BCUT2D eigenvalue weighted by Crippen LogP contribution is -2.34. The molecule has 0 fully saturated rings. The van der Waals surface area contributed by atoms with Gasteiger partial charge in [0.15, 0.2) is 0 Å². The van der Waals surface area contributed by atoms with Crippen molar-refractivity contribution in [3.63, 3.8) is 0 Å². The Morgan fingerprint density at radius 1 is 1.29 bits per heavy atom. The number of nitrogens with one attached hydrogen (secondary N) is 1. The molecular formula is C15H17FN2O2S. The van der Waals surface area contributed by atoms with Gasteiger partial charge in [-0.25, -0.2) is 17.5 Å². The van der Waals surface area contributed by atoms with Crippen LogP contribution >= 0.6 is 0 Å². The number of pyridine rings is 1. The van der Waals surface area contributed by atoms with Gasteiger partial charge in [0.05, 0.1) is 0 Å². The molecule has 21 heavy (non-hydrogen) atoms. The Morgan fingerprint density at radius 3 is 2.71 bits per heavy atom. The van der Waals surface area contributed by atoms with Crippen molar-refractivity contribution in [1.29, 1.82) is 0 Å². The van der Waals surface area contributed by atoms with E-state index in [4.69, 9.17) is 0 Å². The van der Waals surface area contributed by atoms with Crippen LogP contribution in [0, 0.1) is 12.7 Å². The van der Waals surface area contributed by atoms with Crippen LogP contribution < -0.4 is 4.72 Å². The molecule has 2 rings (SSSR count). The van der Waals surface area contributed by atoms with Crippen molar-refractivity contribution < 1.29 is 12.8 Å². The van der Waals surface area contributed by atoms with Gasteiger partial charge >= 0.3 is 0 Å². The minimum Gasteiger partial charge on any atom is -0.261 e. The highest BCUT2D eigenvalue weighted by Crippen LogP contribution is 2.16. The molecule has 0 saturated heterocycles. The maximum atomic E-state index is 13.7. The van der Waals surface area contributed by atoms with Crippen molar-refractivity contribution in [2.75, 3.05) is 0 Å². The van der Waals surface area contributed by atoms with Crippen LogP contribution in [-0.2, 0) is 16.4 Å². The second-order valence-electron chi connectivity index (χ2n) is 4.98. The average molecular weight is 308 g/mol. The minimum atomic E-state index is -3.89. The number of halogens is 1. The highest BCUT2D eigenvalue weighted by atomic mass is 32.2. The predicted octanol–water partition coefficient (Wildman–Crippen LogP) is 2.44. The smallest absolute Gasteiger partial charge is 0.243 e. The summed E-state index contributed by atoms with van der Waals surface area (Å²) in [6, 6.07) is 9.08. The predicted molar refractivity (Wildman–Crippen MR) is 78.9 cm³/mol. The van der Waals surface area contributed by atoms with Gasteiger partial charge < -0.3 is 0 Å². The average Bonchev–Trinajstić information content (AvgIpc) is 2.41. The second kappa shape index (κ2) is 6.32. The van der Waals surface area contributed by atoms with Crippen LogP contribution in [-0.4, -0.2) is 19.4 Å². The first-order valence-corrected chi connectivity index (χ1v) is 8.05. The molecule has 0 aliphatic carbocycles. The third kappa shape index (κ3) is 4.09. The van der Waals surface area contributed by atoms with E-state index in [1.165, 1.54) is 12.1 Å². The molecule has 1 atom stereocenters. The largest absolute Gasteiger partial charge is 0.261 e. The van der Waals surface area contributed by atoms with E-state index >= 15 is 0 Å². The monoisotopic (exact) mass is 308 g/mol. The summed E-state index contributed by atoms with van der Waals surface area (Å²) >= 11 is 0. The first-order chi connectivity index (χ1) is 9.88. The van der Waals surface area contributed by atoms with E-state index < -0.39 is 15.8 Å². The Balaban J connectivity index is 2.15. The van der Waals surface area contributed by atoms with Crippen molar-refractivity contribution in [3.8, 4) is 0 Å². The van der Waals surface area contributed by atoms with Crippen LogP contribution in [0.3, 0.4) is 0 Å². The van der Waals surface area contributed by atoms with Crippen LogP contribution in [0.4, 0.5) is 4.39 Å². The number of hydrogen-bond acceptors (Lipinski definition) is 3. The number of sulfonamides is 1. The molecular weight excluding hydrogens is 291 g/mol. The molecule has 1 heterocycles. The summed E-state index contributed by atoms with van der Waals surface area (Å²) in [6.45, 7) is 3.44. The third-order valence-corrected chi connectivity index (χ3v) is 4.58. The van der Waals surface area contributed by atoms with E-state index in [0.29, 0.717) is 12.0 Å². The number of rotatable bonds is 5. The summed E-state index contributed by atoms with van der Waals surface area (Å²) in [5.74, 6) is -0.752. The number of aromatic nitrogens is 1. The molecule has 1 aromatic heterocycles. The molecule has 0 saturated carbocycles. The molecule has 0 bridgehead atoms. The number of hydrogen-bond donors (Lipinski definition) is 1. The molecule has 0 radical (unpaired) electrons. The Hall–Kier alpha value is -1.79. The van der Waals surface area contributed by atoms with E-state index in [-0.39, 0.29) is 10.9 Å². The normalized spacial score (nSPS) is 13.1. The van der Waals surface area contributed by atoms with E-state index in [1.807, 2.05) is 12.1 Å². The van der Waals surface area contributed by atoms with Crippen LogP contribution in [0.5, 0.6) is 0 Å². The fourth-order valence-electron chi connectivity index (χ4n) is 2.02. The van der Waals surface area contributed by atoms with Crippen LogP contribution in [0.2, 0.25) is 0 Å². The van der Waals surface area contributed by atoms with Gasteiger partial charge in [0.2, 0.25) is 10.0 Å². The zero-order chi connectivity index (χ0) is 15.5. The molecule has 6 heteroatoms. The Labute approximate surface area is 124 Å². The molecule has 1 N–H and O–H groups in total. The summed E-state index contributed by atoms with van der Waals surface area (Å²) in [6.07, 6.45) is 2.09. The Morgan fingerprint density at radius 2 is 2.05 bits per heavy atom. The first-order valence-electron chi connectivity index (χ1n) is 6.57. The van der Waals surface area contributed by atoms with Crippen LogP contribution in [0.1, 0.15) is 18.2 Å². The number of benzene rings is 1. The highest BCUT2D eigenvalue weighted by Gasteiger charge is 2.21. The lowest BCUT2D eigenvalue weighted by molar-refractivity contribution is 0.541. The number of nitrogens with zero attached hydrogens (tertiary/aromatic N) is 1. The maximum absolute atomic E-state index is 13.7.